The van der Waals surface area contributed by atoms with Gasteiger partial charge in [0.25, 0.3) is 0 Å². The molecule has 0 aromatic heterocycles. The molecule has 4 heteroatoms. The maximum atomic E-state index is 13.0. The highest BCUT2D eigenvalue weighted by atomic mass is 32.2. The van der Waals surface area contributed by atoms with Crippen LogP contribution in [0.2, 0.25) is 0 Å². The average molecular weight is 418 g/mol. The van der Waals surface area contributed by atoms with E-state index in [1.165, 1.54) is 27.8 Å². The Hall–Kier alpha value is -2.69. The topological polar surface area (TPSA) is 37.4 Å². The third-order valence-corrected chi connectivity index (χ3v) is 8.08. The van der Waals surface area contributed by atoms with Crippen LogP contribution in [0.15, 0.2) is 77.7 Å². The normalized spacial score (nSPS) is 15.1. The smallest absolute Gasteiger partial charge is 0.207 e. The van der Waals surface area contributed by atoms with E-state index in [1.54, 1.807) is 16.4 Å². The van der Waals surface area contributed by atoms with Crippen LogP contribution >= 0.6 is 0 Å². The summed E-state index contributed by atoms with van der Waals surface area (Å²) in [4.78, 5) is 0.403. The summed E-state index contributed by atoms with van der Waals surface area (Å²) in [5.41, 5.74) is 8.22. The summed E-state index contributed by atoms with van der Waals surface area (Å²) in [5.74, 6) is 0. The van der Waals surface area contributed by atoms with Crippen molar-refractivity contribution in [1.29, 1.82) is 0 Å². The Morgan fingerprint density at radius 2 is 1.43 bits per heavy atom. The third-order valence-electron chi connectivity index (χ3n) is 6.05. The maximum Gasteiger partial charge on any atom is 0.243 e. The van der Waals surface area contributed by atoms with Crippen LogP contribution < -0.4 is 0 Å². The fraction of sp³-hybridized carbons (Fsp3) is 0.231. The molecule has 0 radical (unpaired) electrons. The molecular formula is C26H27NO2S. The molecule has 1 heterocycles. The van der Waals surface area contributed by atoms with E-state index in [2.05, 4.69) is 56.3 Å². The van der Waals surface area contributed by atoms with E-state index in [0.29, 0.717) is 24.4 Å². The highest BCUT2D eigenvalue weighted by Gasteiger charge is 2.27. The first kappa shape index (κ1) is 20.6. The van der Waals surface area contributed by atoms with Crippen molar-refractivity contribution in [2.75, 3.05) is 13.1 Å². The van der Waals surface area contributed by atoms with E-state index in [1.807, 2.05) is 25.1 Å². The molecule has 3 aromatic rings. The molecule has 0 N–H and O–H groups in total. The van der Waals surface area contributed by atoms with Gasteiger partial charge in [-0.2, -0.15) is 4.31 Å². The lowest BCUT2D eigenvalue weighted by molar-refractivity contribution is 0.441. The van der Waals surface area contributed by atoms with Gasteiger partial charge in [-0.25, -0.2) is 8.42 Å². The van der Waals surface area contributed by atoms with Crippen molar-refractivity contribution >= 4 is 15.6 Å². The zero-order valence-corrected chi connectivity index (χ0v) is 18.5. The van der Waals surface area contributed by atoms with Crippen molar-refractivity contribution in [2.45, 2.75) is 32.1 Å². The minimum atomic E-state index is -3.46. The molecule has 0 spiro atoms. The molecule has 0 unspecified atom stereocenters. The van der Waals surface area contributed by atoms with Gasteiger partial charge in [-0.1, -0.05) is 66.7 Å². The summed E-state index contributed by atoms with van der Waals surface area (Å²) in [6.07, 6.45) is 2.76. The lowest BCUT2D eigenvalue weighted by atomic mass is 9.94. The molecule has 3 nitrogen and oxygen atoms in total. The molecule has 1 aliphatic rings. The summed E-state index contributed by atoms with van der Waals surface area (Å²) in [6.45, 7) is 7.05. The van der Waals surface area contributed by atoms with Gasteiger partial charge in [-0.3, -0.25) is 0 Å². The lowest BCUT2D eigenvalue weighted by Gasteiger charge is -2.26. The molecular weight excluding hydrogens is 390 g/mol. The summed E-state index contributed by atoms with van der Waals surface area (Å²) in [6, 6.07) is 22.2. The van der Waals surface area contributed by atoms with E-state index < -0.39 is 10.0 Å². The molecule has 0 aliphatic carbocycles. The molecule has 0 amide bonds. The van der Waals surface area contributed by atoms with E-state index in [9.17, 15) is 8.42 Å². The largest absolute Gasteiger partial charge is 0.243 e. The standard InChI is InChI=1S/C26H27NO2S/c1-19-8-6-9-25(21(19)3)24-13-11-22(12-14-24)23-15-17-27(18-16-23)30(28,29)26-10-5-4-7-20(26)2/h4-15H,16-18H2,1-3H3. The first-order valence-electron chi connectivity index (χ1n) is 10.3. The number of sulfonamides is 1. The predicted molar refractivity (Wildman–Crippen MR) is 124 cm³/mol. The molecule has 0 atom stereocenters. The number of rotatable bonds is 4. The van der Waals surface area contributed by atoms with E-state index in [0.717, 1.165) is 11.1 Å². The van der Waals surface area contributed by atoms with Crippen molar-refractivity contribution in [1.82, 2.24) is 4.31 Å². The SMILES string of the molecule is Cc1ccccc1S(=O)(=O)N1CC=C(c2ccc(-c3cccc(C)c3C)cc2)CC1. The Labute approximate surface area is 179 Å². The molecule has 0 bridgehead atoms. The Bertz CT molecular complexity index is 1210. The van der Waals surface area contributed by atoms with Gasteiger partial charge in [-0.05, 0) is 72.2 Å². The quantitative estimate of drug-likeness (QED) is 0.541. The molecule has 154 valence electrons. The van der Waals surface area contributed by atoms with E-state index in [-0.39, 0.29) is 0 Å². The van der Waals surface area contributed by atoms with Crippen LogP contribution in [0.5, 0.6) is 0 Å². The van der Waals surface area contributed by atoms with Crippen molar-refractivity contribution in [3.8, 4) is 11.1 Å². The molecule has 0 saturated carbocycles. The molecule has 4 rings (SSSR count). The minimum absolute atomic E-state index is 0.403. The predicted octanol–water partition coefficient (Wildman–Crippen LogP) is 5.76. The van der Waals surface area contributed by atoms with Crippen molar-refractivity contribution < 1.29 is 8.42 Å². The van der Waals surface area contributed by atoms with Crippen molar-refractivity contribution in [3.63, 3.8) is 0 Å². The van der Waals surface area contributed by atoms with Gasteiger partial charge in [0.15, 0.2) is 0 Å². The fourth-order valence-corrected chi connectivity index (χ4v) is 5.65. The van der Waals surface area contributed by atoms with Gasteiger partial charge < -0.3 is 0 Å². The van der Waals surface area contributed by atoms with Gasteiger partial charge in [-0.15, -0.1) is 0 Å². The minimum Gasteiger partial charge on any atom is -0.207 e. The first-order chi connectivity index (χ1) is 14.4. The second-order valence-electron chi connectivity index (χ2n) is 7.93. The van der Waals surface area contributed by atoms with Gasteiger partial charge in [0.1, 0.15) is 0 Å². The highest BCUT2D eigenvalue weighted by molar-refractivity contribution is 7.89. The Morgan fingerprint density at radius 3 is 2.10 bits per heavy atom. The lowest BCUT2D eigenvalue weighted by Crippen LogP contribution is -2.35. The van der Waals surface area contributed by atoms with Gasteiger partial charge in [0.2, 0.25) is 10.0 Å². The third kappa shape index (κ3) is 3.85. The first-order valence-corrected chi connectivity index (χ1v) is 11.7. The highest BCUT2D eigenvalue weighted by Crippen LogP contribution is 2.30. The zero-order chi connectivity index (χ0) is 21.3. The van der Waals surface area contributed by atoms with Crippen LogP contribution in [0, 0.1) is 20.8 Å². The van der Waals surface area contributed by atoms with Crippen LogP contribution in [0.25, 0.3) is 16.7 Å². The van der Waals surface area contributed by atoms with Crippen molar-refractivity contribution in [3.05, 3.63) is 95.1 Å². The molecule has 3 aromatic carbocycles. The summed E-state index contributed by atoms with van der Waals surface area (Å²) < 4.78 is 27.6. The summed E-state index contributed by atoms with van der Waals surface area (Å²) in [7, 11) is -3.46. The second-order valence-corrected chi connectivity index (χ2v) is 9.84. The second kappa shape index (κ2) is 8.21. The average Bonchev–Trinajstić information content (AvgIpc) is 2.76. The number of aryl methyl sites for hydroxylation is 2. The number of hydrogen-bond acceptors (Lipinski definition) is 2. The van der Waals surface area contributed by atoms with Crippen LogP contribution in [-0.4, -0.2) is 25.8 Å². The maximum absolute atomic E-state index is 13.0. The van der Waals surface area contributed by atoms with Gasteiger partial charge >= 0.3 is 0 Å². The Morgan fingerprint density at radius 1 is 0.767 bits per heavy atom. The van der Waals surface area contributed by atoms with Crippen LogP contribution in [0.3, 0.4) is 0 Å². The Kier molecular flexibility index (Phi) is 5.63. The fourth-order valence-electron chi connectivity index (χ4n) is 4.04. The number of benzene rings is 3. The van der Waals surface area contributed by atoms with Gasteiger partial charge in [0, 0.05) is 13.1 Å². The van der Waals surface area contributed by atoms with Crippen LogP contribution in [0.1, 0.15) is 28.7 Å². The van der Waals surface area contributed by atoms with E-state index in [4.69, 9.17) is 0 Å². The molecule has 0 saturated heterocycles. The van der Waals surface area contributed by atoms with Crippen molar-refractivity contribution in [2.24, 2.45) is 0 Å². The molecule has 1 aliphatic heterocycles. The molecule has 30 heavy (non-hydrogen) atoms. The Balaban J connectivity index is 1.54. The monoisotopic (exact) mass is 417 g/mol. The van der Waals surface area contributed by atoms with Crippen LogP contribution in [-0.2, 0) is 10.0 Å². The number of hydrogen-bond donors (Lipinski definition) is 0. The van der Waals surface area contributed by atoms with Gasteiger partial charge in [0.05, 0.1) is 4.90 Å². The number of nitrogens with zero attached hydrogens (tertiary/aromatic N) is 1. The summed E-state index contributed by atoms with van der Waals surface area (Å²) in [5, 5.41) is 0. The summed E-state index contributed by atoms with van der Waals surface area (Å²) >= 11 is 0. The van der Waals surface area contributed by atoms with Crippen LogP contribution in [0.4, 0.5) is 0 Å². The van der Waals surface area contributed by atoms with E-state index >= 15 is 0 Å². The molecule has 0 fully saturated rings. The zero-order valence-electron chi connectivity index (χ0n) is 17.7.